The zero-order valence-electron chi connectivity index (χ0n) is 11.8. The van der Waals surface area contributed by atoms with Crippen molar-refractivity contribution in [2.75, 3.05) is 20.2 Å². The molecule has 1 saturated heterocycles. The van der Waals surface area contributed by atoms with Crippen LogP contribution >= 0.6 is 0 Å². The van der Waals surface area contributed by atoms with Crippen LogP contribution in [0.4, 0.5) is 4.39 Å². The van der Waals surface area contributed by atoms with Crippen molar-refractivity contribution in [3.8, 4) is 5.75 Å². The zero-order valence-corrected chi connectivity index (χ0v) is 11.8. The molecule has 0 radical (unpaired) electrons. The summed E-state index contributed by atoms with van der Waals surface area (Å²) in [4.78, 5) is 13.2. The third kappa shape index (κ3) is 3.48. The lowest BCUT2D eigenvalue weighted by Crippen LogP contribution is -2.42. The van der Waals surface area contributed by atoms with Gasteiger partial charge in [0.05, 0.1) is 13.0 Å². The van der Waals surface area contributed by atoms with E-state index in [-0.39, 0.29) is 11.7 Å². The average Bonchev–Trinajstić information content (AvgIpc) is 2.38. The summed E-state index contributed by atoms with van der Waals surface area (Å²) in [6.45, 7) is 3.88. The Hall–Kier alpha value is -1.62. The van der Waals surface area contributed by atoms with Gasteiger partial charge in [0.2, 0.25) is 0 Å². The summed E-state index contributed by atoms with van der Waals surface area (Å²) in [6, 6.07) is 4.42. The fraction of sp³-hybridized carbons (Fsp3) is 0.533. The fourth-order valence-corrected chi connectivity index (χ4v) is 2.88. The summed E-state index contributed by atoms with van der Waals surface area (Å²) in [5, 5.41) is 9.17. The SMILES string of the molecule is COc1ccc(F)cc1CN1CC(C)CC(C(=O)O)C1. The maximum atomic E-state index is 13.4. The Morgan fingerprint density at radius 2 is 2.25 bits per heavy atom. The van der Waals surface area contributed by atoms with Crippen molar-refractivity contribution in [1.29, 1.82) is 0 Å². The molecule has 20 heavy (non-hydrogen) atoms. The van der Waals surface area contributed by atoms with Gasteiger partial charge in [-0.2, -0.15) is 0 Å². The lowest BCUT2D eigenvalue weighted by molar-refractivity contribution is -0.144. The van der Waals surface area contributed by atoms with Crippen molar-refractivity contribution in [3.05, 3.63) is 29.6 Å². The maximum absolute atomic E-state index is 13.4. The Balaban J connectivity index is 2.12. The Morgan fingerprint density at radius 1 is 1.50 bits per heavy atom. The molecule has 1 aliphatic heterocycles. The second-order valence-electron chi connectivity index (χ2n) is 5.53. The van der Waals surface area contributed by atoms with E-state index in [1.807, 2.05) is 6.92 Å². The smallest absolute Gasteiger partial charge is 0.307 e. The monoisotopic (exact) mass is 281 g/mol. The second kappa shape index (κ2) is 6.22. The molecule has 0 aliphatic carbocycles. The van der Waals surface area contributed by atoms with Gasteiger partial charge >= 0.3 is 5.97 Å². The predicted molar refractivity (Wildman–Crippen MR) is 73.1 cm³/mol. The van der Waals surface area contributed by atoms with Gasteiger partial charge in [-0.15, -0.1) is 0 Å². The highest BCUT2D eigenvalue weighted by Gasteiger charge is 2.29. The Kier molecular flexibility index (Phi) is 4.60. The van der Waals surface area contributed by atoms with Gasteiger partial charge in [-0.1, -0.05) is 6.92 Å². The lowest BCUT2D eigenvalue weighted by atomic mass is 9.90. The molecule has 1 fully saturated rings. The number of carboxylic acid groups (broad SMARTS) is 1. The molecule has 2 atom stereocenters. The van der Waals surface area contributed by atoms with E-state index in [1.165, 1.54) is 12.1 Å². The van der Waals surface area contributed by atoms with Crippen molar-refractivity contribution < 1.29 is 19.0 Å². The Labute approximate surface area is 118 Å². The third-order valence-electron chi connectivity index (χ3n) is 3.72. The molecular formula is C15H20FNO3. The molecule has 0 bridgehead atoms. The van der Waals surface area contributed by atoms with Gasteiger partial charge in [-0.05, 0) is 30.5 Å². The molecule has 1 aliphatic rings. The molecule has 0 amide bonds. The summed E-state index contributed by atoms with van der Waals surface area (Å²) in [7, 11) is 1.55. The highest BCUT2D eigenvalue weighted by molar-refractivity contribution is 5.70. The Morgan fingerprint density at radius 3 is 2.90 bits per heavy atom. The first-order chi connectivity index (χ1) is 9.49. The normalized spacial score (nSPS) is 23.6. The van der Waals surface area contributed by atoms with Gasteiger partial charge in [-0.3, -0.25) is 9.69 Å². The van der Waals surface area contributed by atoms with Gasteiger partial charge in [0, 0.05) is 25.2 Å². The first kappa shape index (κ1) is 14.8. The highest BCUT2D eigenvalue weighted by Crippen LogP contribution is 2.26. The zero-order chi connectivity index (χ0) is 14.7. The number of halogens is 1. The van der Waals surface area contributed by atoms with Gasteiger partial charge in [0.1, 0.15) is 11.6 Å². The standard InChI is InChI=1S/C15H20FNO3/c1-10-5-12(15(18)19)9-17(7-10)8-11-6-13(16)3-4-14(11)20-2/h3-4,6,10,12H,5,7-9H2,1-2H3,(H,18,19). The van der Waals surface area contributed by atoms with Crippen LogP contribution in [0.15, 0.2) is 18.2 Å². The van der Waals surface area contributed by atoms with Crippen LogP contribution in [0.5, 0.6) is 5.75 Å². The lowest BCUT2D eigenvalue weighted by Gasteiger charge is -2.34. The van der Waals surface area contributed by atoms with E-state index in [0.29, 0.717) is 31.2 Å². The molecule has 4 nitrogen and oxygen atoms in total. The van der Waals surface area contributed by atoms with Gasteiger partial charge in [-0.25, -0.2) is 4.39 Å². The molecule has 0 saturated carbocycles. The van der Waals surface area contributed by atoms with Crippen LogP contribution in [0, 0.1) is 17.7 Å². The Bertz CT molecular complexity index is 492. The number of carbonyl (C=O) groups is 1. The number of benzene rings is 1. The van der Waals surface area contributed by atoms with Crippen LogP contribution in [0.3, 0.4) is 0 Å². The molecule has 1 heterocycles. The van der Waals surface area contributed by atoms with Gasteiger partial charge < -0.3 is 9.84 Å². The van der Waals surface area contributed by atoms with E-state index in [1.54, 1.807) is 13.2 Å². The molecule has 0 aromatic heterocycles. The van der Waals surface area contributed by atoms with Gasteiger partial charge in [0.15, 0.2) is 0 Å². The maximum Gasteiger partial charge on any atom is 0.307 e. The van der Waals surface area contributed by atoms with E-state index in [4.69, 9.17) is 4.74 Å². The quantitative estimate of drug-likeness (QED) is 0.920. The van der Waals surface area contributed by atoms with Crippen molar-refractivity contribution in [1.82, 2.24) is 4.90 Å². The minimum Gasteiger partial charge on any atom is -0.496 e. The van der Waals surface area contributed by atoms with Crippen LogP contribution in [0.2, 0.25) is 0 Å². The van der Waals surface area contributed by atoms with Crippen molar-refractivity contribution in [2.24, 2.45) is 11.8 Å². The summed E-state index contributed by atoms with van der Waals surface area (Å²) < 4.78 is 18.6. The molecule has 2 rings (SSSR count). The van der Waals surface area contributed by atoms with Crippen LogP contribution in [0.1, 0.15) is 18.9 Å². The van der Waals surface area contributed by atoms with Crippen molar-refractivity contribution in [3.63, 3.8) is 0 Å². The molecular weight excluding hydrogens is 261 g/mol. The highest BCUT2D eigenvalue weighted by atomic mass is 19.1. The number of aliphatic carboxylic acids is 1. The number of nitrogens with zero attached hydrogens (tertiary/aromatic N) is 1. The number of carboxylic acids is 1. The van der Waals surface area contributed by atoms with E-state index in [0.717, 1.165) is 12.1 Å². The first-order valence-electron chi connectivity index (χ1n) is 6.77. The second-order valence-corrected chi connectivity index (χ2v) is 5.53. The first-order valence-corrected chi connectivity index (χ1v) is 6.77. The third-order valence-corrected chi connectivity index (χ3v) is 3.72. The predicted octanol–water partition coefficient (Wildman–Crippen LogP) is 2.38. The number of rotatable bonds is 4. The summed E-state index contributed by atoms with van der Waals surface area (Å²) in [5.41, 5.74) is 0.755. The fourth-order valence-electron chi connectivity index (χ4n) is 2.88. The minimum atomic E-state index is -0.757. The average molecular weight is 281 g/mol. The number of methoxy groups -OCH3 is 1. The molecule has 1 aromatic rings. The minimum absolute atomic E-state index is 0.305. The molecule has 1 aromatic carbocycles. The van der Waals surface area contributed by atoms with Gasteiger partial charge in [0.25, 0.3) is 0 Å². The molecule has 2 unspecified atom stereocenters. The van der Waals surface area contributed by atoms with Crippen LogP contribution in [-0.2, 0) is 11.3 Å². The summed E-state index contributed by atoms with van der Waals surface area (Å²) in [5.74, 6) is -0.451. The summed E-state index contributed by atoms with van der Waals surface area (Å²) in [6.07, 6.45) is 0.701. The molecule has 5 heteroatoms. The molecule has 0 spiro atoms. The van der Waals surface area contributed by atoms with E-state index >= 15 is 0 Å². The van der Waals surface area contributed by atoms with Crippen LogP contribution in [0.25, 0.3) is 0 Å². The topological polar surface area (TPSA) is 49.8 Å². The molecule has 110 valence electrons. The van der Waals surface area contributed by atoms with Crippen LogP contribution < -0.4 is 4.74 Å². The van der Waals surface area contributed by atoms with E-state index in [9.17, 15) is 14.3 Å². The number of hydrogen-bond donors (Lipinski definition) is 1. The number of likely N-dealkylation sites (tertiary alicyclic amines) is 1. The van der Waals surface area contributed by atoms with E-state index < -0.39 is 5.97 Å². The number of hydrogen-bond acceptors (Lipinski definition) is 3. The van der Waals surface area contributed by atoms with Crippen molar-refractivity contribution >= 4 is 5.97 Å². The summed E-state index contributed by atoms with van der Waals surface area (Å²) >= 11 is 0. The number of ether oxygens (including phenoxy) is 1. The number of piperidine rings is 1. The van der Waals surface area contributed by atoms with E-state index in [2.05, 4.69) is 4.90 Å². The van der Waals surface area contributed by atoms with Crippen molar-refractivity contribution in [2.45, 2.75) is 19.9 Å². The van der Waals surface area contributed by atoms with Crippen LogP contribution in [-0.4, -0.2) is 36.2 Å². The molecule has 1 N–H and O–H groups in total. The largest absolute Gasteiger partial charge is 0.496 e.